The molecule has 0 aliphatic heterocycles. The van der Waals surface area contributed by atoms with Crippen molar-refractivity contribution in [3.8, 4) is 23.7 Å². The second-order valence-electron chi connectivity index (χ2n) is 3.58. The third kappa shape index (κ3) is 3.90. The minimum Gasteiger partial charge on any atom is -0.0843 e. The molecule has 0 unspecified atom stereocenters. The third-order valence-corrected chi connectivity index (χ3v) is 2.27. The summed E-state index contributed by atoms with van der Waals surface area (Å²) in [6.45, 7) is 0. The standard InChI is InChI=1S/C17H12/c1-4-10-16(11-5-1)14-8-3-9-15-17-12-6-2-7-13-17/h1-2,4-7,10-13H,14H2. The molecule has 0 heteroatoms. The van der Waals surface area contributed by atoms with Crippen molar-refractivity contribution in [1.29, 1.82) is 0 Å². The summed E-state index contributed by atoms with van der Waals surface area (Å²) in [6.07, 6.45) is 0.754. The van der Waals surface area contributed by atoms with Gasteiger partial charge in [-0.15, -0.1) is 0 Å². The molecule has 2 rings (SSSR count). The Hall–Kier alpha value is -2.44. The maximum atomic E-state index is 3.05. The van der Waals surface area contributed by atoms with Gasteiger partial charge in [0.15, 0.2) is 0 Å². The first-order valence-electron chi connectivity index (χ1n) is 5.53. The fraction of sp³-hybridized carbons (Fsp3) is 0.0588. The van der Waals surface area contributed by atoms with E-state index in [1.807, 2.05) is 48.5 Å². The molecule has 0 N–H and O–H groups in total. The van der Waals surface area contributed by atoms with Crippen LogP contribution in [-0.4, -0.2) is 0 Å². The summed E-state index contributed by atoms with van der Waals surface area (Å²) in [5.74, 6) is 11.8. The van der Waals surface area contributed by atoms with E-state index >= 15 is 0 Å². The number of rotatable bonds is 1. The van der Waals surface area contributed by atoms with Crippen molar-refractivity contribution < 1.29 is 0 Å². The van der Waals surface area contributed by atoms with Crippen LogP contribution in [0.15, 0.2) is 60.7 Å². The fourth-order valence-electron chi connectivity index (χ4n) is 1.41. The van der Waals surface area contributed by atoms with Crippen molar-refractivity contribution in [2.75, 3.05) is 0 Å². The molecule has 0 saturated carbocycles. The second-order valence-corrected chi connectivity index (χ2v) is 3.58. The maximum absolute atomic E-state index is 3.05. The van der Waals surface area contributed by atoms with E-state index in [0.717, 1.165) is 12.0 Å². The van der Waals surface area contributed by atoms with E-state index in [1.54, 1.807) is 0 Å². The lowest BCUT2D eigenvalue weighted by atomic mass is 10.2. The Morgan fingerprint density at radius 1 is 0.706 bits per heavy atom. The van der Waals surface area contributed by atoms with E-state index in [-0.39, 0.29) is 0 Å². The Bertz CT molecular complexity index is 572. The molecule has 17 heavy (non-hydrogen) atoms. The zero-order valence-electron chi connectivity index (χ0n) is 9.48. The molecule has 0 bridgehead atoms. The van der Waals surface area contributed by atoms with Crippen LogP contribution in [0.5, 0.6) is 0 Å². The van der Waals surface area contributed by atoms with Gasteiger partial charge < -0.3 is 0 Å². The summed E-state index contributed by atoms with van der Waals surface area (Å²) in [5.41, 5.74) is 2.23. The Morgan fingerprint density at radius 2 is 1.35 bits per heavy atom. The highest BCUT2D eigenvalue weighted by Gasteiger charge is 1.84. The summed E-state index contributed by atoms with van der Waals surface area (Å²) in [4.78, 5) is 0. The van der Waals surface area contributed by atoms with E-state index in [0.29, 0.717) is 0 Å². The van der Waals surface area contributed by atoms with E-state index in [2.05, 4.69) is 35.8 Å². The van der Waals surface area contributed by atoms with Gasteiger partial charge >= 0.3 is 0 Å². The third-order valence-electron chi connectivity index (χ3n) is 2.27. The molecule has 0 nitrogen and oxygen atoms in total. The van der Waals surface area contributed by atoms with Gasteiger partial charge in [0.1, 0.15) is 0 Å². The monoisotopic (exact) mass is 216 g/mol. The van der Waals surface area contributed by atoms with Gasteiger partial charge in [-0.25, -0.2) is 0 Å². The maximum Gasteiger partial charge on any atom is 0.0350 e. The Morgan fingerprint density at radius 3 is 2.06 bits per heavy atom. The van der Waals surface area contributed by atoms with Gasteiger partial charge in [-0.2, -0.15) is 0 Å². The highest BCUT2D eigenvalue weighted by molar-refractivity contribution is 5.40. The minimum atomic E-state index is 0.754. The molecular weight excluding hydrogens is 204 g/mol. The van der Waals surface area contributed by atoms with Crippen molar-refractivity contribution in [3.05, 3.63) is 71.8 Å². The van der Waals surface area contributed by atoms with Gasteiger partial charge in [0.25, 0.3) is 0 Å². The predicted molar refractivity (Wildman–Crippen MR) is 71.2 cm³/mol. The average molecular weight is 216 g/mol. The summed E-state index contributed by atoms with van der Waals surface area (Å²) in [7, 11) is 0. The molecule has 0 aliphatic rings. The summed E-state index contributed by atoms with van der Waals surface area (Å²) >= 11 is 0. The fourth-order valence-corrected chi connectivity index (χ4v) is 1.41. The van der Waals surface area contributed by atoms with Crippen LogP contribution < -0.4 is 0 Å². The average Bonchev–Trinajstić information content (AvgIpc) is 2.41. The SMILES string of the molecule is C(C#Cc1ccccc1)#CCc1ccccc1. The quantitative estimate of drug-likeness (QED) is 0.642. The first-order valence-corrected chi connectivity index (χ1v) is 5.53. The molecule has 2 aromatic carbocycles. The summed E-state index contributed by atoms with van der Waals surface area (Å²) in [5, 5.41) is 0. The van der Waals surface area contributed by atoms with Crippen LogP contribution in [0, 0.1) is 23.7 Å². The molecule has 0 fully saturated rings. The van der Waals surface area contributed by atoms with Crippen LogP contribution in [0.25, 0.3) is 0 Å². The lowest BCUT2D eigenvalue weighted by molar-refractivity contribution is 1.32. The minimum absolute atomic E-state index is 0.754. The molecule has 0 aromatic heterocycles. The highest BCUT2D eigenvalue weighted by atomic mass is 13.9. The number of benzene rings is 2. The van der Waals surface area contributed by atoms with E-state index in [9.17, 15) is 0 Å². The van der Waals surface area contributed by atoms with Crippen LogP contribution in [0.4, 0.5) is 0 Å². The normalized spacial score (nSPS) is 8.47. The second kappa shape index (κ2) is 6.21. The van der Waals surface area contributed by atoms with Crippen molar-refractivity contribution in [3.63, 3.8) is 0 Å². The van der Waals surface area contributed by atoms with Gasteiger partial charge in [0.2, 0.25) is 0 Å². The van der Waals surface area contributed by atoms with Crippen LogP contribution in [0.1, 0.15) is 11.1 Å². The van der Waals surface area contributed by atoms with E-state index in [1.165, 1.54) is 5.56 Å². The van der Waals surface area contributed by atoms with Gasteiger partial charge in [0, 0.05) is 12.0 Å². The molecule has 0 aliphatic carbocycles. The van der Waals surface area contributed by atoms with Gasteiger partial charge in [-0.05, 0) is 29.5 Å². The largest absolute Gasteiger partial charge is 0.0843 e. The summed E-state index contributed by atoms with van der Waals surface area (Å²) < 4.78 is 0. The van der Waals surface area contributed by atoms with Crippen LogP contribution >= 0.6 is 0 Å². The smallest absolute Gasteiger partial charge is 0.0350 e. The molecule has 0 heterocycles. The zero-order chi connectivity index (χ0) is 11.8. The molecule has 0 saturated heterocycles. The molecule has 0 atom stereocenters. The van der Waals surface area contributed by atoms with Crippen LogP contribution in [0.3, 0.4) is 0 Å². The van der Waals surface area contributed by atoms with Crippen LogP contribution in [-0.2, 0) is 6.42 Å². The molecule has 80 valence electrons. The molecule has 0 spiro atoms. The van der Waals surface area contributed by atoms with Crippen molar-refractivity contribution in [2.45, 2.75) is 6.42 Å². The number of hydrogen-bond donors (Lipinski definition) is 0. The Kier molecular flexibility index (Phi) is 4.04. The molecule has 0 radical (unpaired) electrons. The molecule has 2 aromatic rings. The Balaban J connectivity index is 1.94. The van der Waals surface area contributed by atoms with Gasteiger partial charge in [-0.1, -0.05) is 60.4 Å². The summed E-state index contributed by atoms with van der Waals surface area (Å²) in [6, 6.07) is 20.1. The zero-order valence-corrected chi connectivity index (χ0v) is 9.48. The first-order chi connectivity index (χ1) is 8.45. The first kappa shape index (κ1) is 11.1. The number of hydrogen-bond acceptors (Lipinski definition) is 0. The van der Waals surface area contributed by atoms with E-state index < -0.39 is 0 Å². The Labute approximate surface area is 102 Å². The van der Waals surface area contributed by atoms with Crippen molar-refractivity contribution in [1.82, 2.24) is 0 Å². The predicted octanol–water partition coefficient (Wildman–Crippen LogP) is 3.28. The van der Waals surface area contributed by atoms with Crippen molar-refractivity contribution in [2.24, 2.45) is 0 Å². The lowest BCUT2D eigenvalue weighted by Crippen LogP contribution is -1.78. The van der Waals surface area contributed by atoms with Crippen molar-refractivity contribution >= 4 is 0 Å². The van der Waals surface area contributed by atoms with Crippen LogP contribution in [0.2, 0.25) is 0 Å². The molecular formula is C17H12. The molecule has 0 amide bonds. The van der Waals surface area contributed by atoms with Gasteiger partial charge in [0.05, 0.1) is 0 Å². The van der Waals surface area contributed by atoms with E-state index in [4.69, 9.17) is 0 Å². The highest BCUT2D eigenvalue weighted by Crippen LogP contribution is 1.97. The van der Waals surface area contributed by atoms with Gasteiger partial charge in [-0.3, -0.25) is 0 Å². The lowest BCUT2D eigenvalue weighted by Gasteiger charge is -1.90. The topological polar surface area (TPSA) is 0 Å².